The Morgan fingerprint density at radius 3 is 3.00 bits per heavy atom. The number of rotatable bonds is 4. The average molecular weight is 349 g/mol. The maximum atomic E-state index is 13.7. The van der Waals surface area contributed by atoms with Gasteiger partial charge in [-0.3, -0.25) is 14.2 Å². The summed E-state index contributed by atoms with van der Waals surface area (Å²) in [5, 5.41) is 0.636. The molecule has 1 aromatic carbocycles. The minimum absolute atomic E-state index is 0.0257. The molecule has 1 aromatic heterocycles. The van der Waals surface area contributed by atoms with Crippen LogP contribution in [0.1, 0.15) is 15.9 Å². The van der Waals surface area contributed by atoms with E-state index in [0.717, 1.165) is 5.75 Å². The van der Waals surface area contributed by atoms with Crippen molar-refractivity contribution in [1.29, 1.82) is 0 Å². The Hall–Kier alpha value is -2.35. The Balaban J connectivity index is 1.80. The Bertz CT molecular complexity index is 853. The SMILES string of the molecule is COc1ccc(CN(C)C(=O)c2cnc3n(c2=O)CCS3)cc1F. The zero-order valence-electron chi connectivity index (χ0n) is 13.3. The number of fused-ring (bicyclic) bond motifs is 1. The molecule has 2 heterocycles. The summed E-state index contributed by atoms with van der Waals surface area (Å²) in [6.45, 7) is 0.732. The van der Waals surface area contributed by atoms with E-state index in [2.05, 4.69) is 4.98 Å². The van der Waals surface area contributed by atoms with Crippen LogP contribution in [0.3, 0.4) is 0 Å². The van der Waals surface area contributed by atoms with Crippen LogP contribution in [0.25, 0.3) is 0 Å². The van der Waals surface area contributed by atoms with Crippen LogP contribution in [0.15, 0.2) is 34.3 Å². The highest BCUT2D eigenvalue weighted by atomic mass is 32.2. The largest absolute Gasteiger partial charge is 0.494 e. The summed E-state index contributed by atoms with van der Waals surface area (Å²) in [5.74, 6) is -0.00438. The van der Waals surface area contributed by atoms with Crippen molar-refractivity contribution >= 4 is 17.7 Å². The van der Waals surface area contributed by atoms with Crippen molar-refractivity contribution < 1.29 is 13.9 Å². The zero-order chi connectivity index (χ0) is 17.3. The number of aromatic nitrogens is 2. The molecule has 1 amide bonds. The summed E-state index contributed by atoms with van der Waals surface area (Å²) in [7, 11) is 2.96. The van der Waals surface area contributed by atoms with Crippen LogP contribution in [-0.4, -0.2) is 40.3 Å². The first kappa shape index (κ1) is 16.5. The second-order valence-electron chi connectivity index (χ2n) is 5.39. The van der Waals surface area contributed by atoms with E-state index in [0.29, 0.717) is 17.3 Å². The predicted octanol–water partition coefficient (Wildman–Crippen LogP) is 1.77. The molecule has 0 fully saturated rings. The van der Waals surface area contributed by atoms with Crippen molar-refractivity contribution in [1.82, 2.24) is 14.5 Å². The lowest BCUT2D eigenvalue weighted by molar-refractivity contribution is 0.0781. The van der Waals surface area contributed by atoms with Gasteiger partial charge >= 0.3 is 0 Å². The van der Waals surface area contributed by atoms with E-state index in [1.54, 1.807) is 13.1 Å². The lowest BCUT2D eigenvalue weighted by atomic mass is 10.2. The molecule has 0 radical (unpaired) electrons. The lowest BCUT2D eigenvalue weighted by Crippen LogP contribution is -2.34. The molecular weight excluding hydrogens is 333 g/mol. The van der Waals surface area contributed by atoms with Crippen LogP contribution in [0.2, 0.25) is 0 Å². The van der Waals surface area contributed by atoms with Crippen molar-refractivity contribution in [3.05, 3.63) is 51.7 Å². The van der Waals surface area contributed by atoms with Crippen molar-refractivity contribution in [2.24, 2.45) is 0 Å². The minimum atomic E-state index is -0.493. The van der Waals surface area contributed by atoms with E-state index in [1.807, 2.05) is 0 Å². The van der Waals surface area contributed by atoms with Crippen molar-refractivity contribution in [2.45, 2.75) is 18.2 Å². The van der Waals surface area contributed by atoms with Gasteiger partial charge < -0.3 is 9.64 Å². The van der Waals surface area contributed by atoms with E-state index in [9.17, 15) is 14.0 Å². The van der Waals surface area contributed by atoms with Gasteiger partial charge in [-0.15, -0.1) is 0 Å². The molecule has 0 unspecified atom stereocenters. The molecular formula is C16H16FN3O3S. The van der Waals surface area contributed by atoms with Gasteiger partial charge in [0.25, 0.3) is 11.5 Å². The number of methoxy groups -OCH3 is 1. The van der Waals surface area contributed by atoms with Crippen LogP contribution >= 0.6 is 11.8 Å². The minimum Gasteiger partial charge on any atom is -0.494 e. The molecule has 0 saturated heterocycles. The molecule has 0 N–H and O–H groups in total. The maximum Gasteiger partial charge on any atom is 0.267 e. The summed E-state index contributed by atoms with van der Waals surface area (Å²) in [6, 6.07) is 4.50. The molecule has 0 atom stereocenters. The predicted molar refractivity (Wildman–Crippen MR) is 88.0 cm³/mol. The van der Waals surface area contributed by atoms with E-state index in [1.165, 1.54) is 46.7 Å². The second-order valence-corrected chi connectivity index (χ2v) is 6.45. The van der Waals surface area contributed by atoms with Crippen LogP contribution in [-0.2, 0) is 13.1 Å². The van der Waals surface area contributed by atoms with Crippen LogP contribution < -0.4 is 10.3 Å². The number of halogens is 1. The number of carbonyl (C=O) groups excluding carboxylic acids is 1. The smallest absolute Gasteiger partial charge is 0.267 e. The number of amides is 1. The van der Waals surface area contributed by atoms with Gasteiger partial charge in [-0.2, -0.15) is 0 Å². The number of hydrogen-bond donors (Lipinski definition) is 0. The molecule has 0 aliphatic carbocycles. The van der Waals surface area contributed by atoms with Gasteiger partial charge in [0.05, 0.1) is 7.11 Å². The first-order chi connectivity index (χ1) is 11.5. The number of ether oxygens (including phenoxy) is 1. The Morgan fingerprint density at radius 2 is 2.29 bits per heavy atom. The Labute approximate surface area is 142 Å². The van der Waals surface area contributed by atoms with Gasteiger partial charge in [0.15, 0.2) is 16.7 Å². The second kappa shape index (κ2) is 6.64. The number of thioether (sulfide) groups is 1. The van der Waals surface area contributed by atoms with E-state index in [-0.39, 0.29) is 23.4 Å². The third-order valence-electron chi connectivity index (χ3n) is 3.77. The van der Waals surface area contributed by atoms with Gasteiger partial charge in [0.2, 0.25) is 0 Å². The highest BCUT2D eigenvalue weighted by Gasteiger charge is 2.22. The zero-order valence-corrected chi connectivity index (χ0v) is 14.1. The monoisotopic (exact) mass is 349 g/mol. The highest BCUT2D eigenvalue weighted by molar-refractivity contribution is 7.99. The molecule has 6 nitrogen and oxygen atoms in total. The first-order valence-electron chi connectivity index (χ1n) is 7.31. The third-order valence-corrected chi connectivity index (χ3v) is 4.74. The molecule has 2 aromatic rings. The normalized spacial score (nSPS) is 12.8. The average Bonchev–Trinajstić information content (AvgIpc) is 3.04. The highest BCUT2D eigenvalue weighted by Crippen LogP contribution is 2.21. The number of nitrogens with zero attached hydrogens (tertiary/aromatic N) is 3. The van der Waals surface area contributed by atoms with Crippen LogP contribution in [0, 0.1) is 5.82 Å². The van der Waals surface area contributed by atoms with Gasteiger partial charge in [-0.1, -0.05) is 17.8 Å². The number of carbonyl (C=O) groups is 1. The molecule has 24 heavy (non-hydrogen) atoms. The molecule has 1 aliphatic rings. The van der Waals surface area contributed by atoms with Crippen molar-refractivity contribution in [3.63, 3.8) is 0 Å². The molecule has 1 aliphatic heterocycles. The van der Waals surface area contributed by atoms with Gasteiger partial charge in [-0.25, -0.2) is 9.37 Å². The van der Waals surface area contributed by atoms with E-state index in [4.69, 9.17) is 4.74 Å². The molecule has 0 saturated carbocycles. The van der Waals surface area contributed by atoms with E-state index >= 15 is 0 Å². The maximum absolute atomic E-state index is 13.7. The molecule has 0 spiro atoms. The molecule has 126 valence electrons. The number of benzene rings is 1. The number of hydrogen-bond acceptors (Lipinski definition) is 5. The van der Waals surface area contributed by atoms with Crippen molar-refractivity contribution in [2.75, 3.05) is 19.9 Å². The fourth-order valence-corrected chi connectivity index (χ4v) is 3.44. The van der Waals surface area contributed by atoms with Crippen LogP contribution in [0.4, 0.5) is 4.39 Å². The Morgan fingerprint density at radius 1 is 1.50 bits per heavy atom. The summed E-state index contributed by atoms with van der Waals surface area (Å²) >= 11 is 1.49. The summed E-state index contributed by atoms with van der Waals surface area (Å²) in [6.07, 6.45) is 1.32. The Kier molecular flexibility index (Phi) is 4.57. The van der Waals surface area contributed by atoms with E-state index < -0.39 is 11.7 Å². The van der Waals surface area contributed by atoms with Gasteiger partial charge in [-0.05, 0) is 17.7 Å². The fraction of sp³-hybridized carbons (Fsp3) is 0.312. The fourth-order valence-electron chi connectivity index (χ4n) is 2.52. The molecule has 8 heteroatoms. The molecule has 3 rings (SSSR count). The summed E-state index contributed by atoms with van der Waals surface area (Å²) in [5.41, 5.74) is 0.300. The van der Waals surface area contributed by atoms with Gasteiger partial charge in [0.1, 0.15) is 5.56 Å². The summed E-state index contributed by atoms with van der Waals surface area (Å²) in [4.78, 5) is 30.4. The lowest BCUT2D eigenvalue weighted by Gasteiger charge is -2.17. The first-order valence-corrected chi connectivity index (χ1v) is 8.30. The van der Waals surface area contributed by atoms with Crippen molar-refractivity contribution in [3.8, 4) is 5.75 Å². The van der Waals surface area contributed by atoms with Gasteiger partial charge in [0, 0.05) is 32.1 Å². The topological polar surface area (TPSA) is 64.4 Å². The third kappa shape index (κ3) is 3.01. The van der Waals surface area contributed by atoms with Crippen LogP contribution in [0.5, 0.6) is 5.75 Å². The summed E-state index contributed by atoms with van der Waals surface area (Å²) < 4.78 is 20.1. The molecule has 0 bridgehead atoms. The standard InChI is InChI=1S/C16H16FN3O3S/c1-19(9-10-3-4-13(23-2)12(17)7-10)14(21)11-8-18-16-20(15(11)22)5-6-24-16/h3-4,7-8H,5-6,9H2,1-2H3. The quantitative estimate of drug-likeness (QED) is 0.787.